The van der Waals surface area contributed by atoms with Crippen molar-refractivity contribution in [1.82, 2.24) is 0 Å². The molecule has 0 aliphatic carbocycles. The number of alkyl halides is 3. The lowest BCUT2D eigenvalue weighted by Crippen LogP contribution is -2.41. The number of hydrogen-bond donors (Lipinski definition) is 1. The molecular formula is C5H8Br3NO. The first-order valence-electron chi connectivity index (χ1n) is 2.56. The van der Waals surface area contributed by atoms with Crippen molar-refractivity contribution in [1.29, 1.82) is 0 Å². The largest absolute Gasteiger partial charge is 0.369 e. The Hall–Kier alpha value is 0.910. The maximum absolute atomic E-state index is 10.8. The van der Waals surface area contributed by atoms with E-state index in [1.54, 1.807) is 13.8 Å². The summed E-state index contributed by atoms with van der Waals surface area (Å²) in [6, 6.07) is 0. The summed E-state index contributed by atoms with van der Waals surface area (Å²) < 4.78 is -0.619. The Morgan fingerprint density at radius 3 is 1.60 bits per heavy atom. The summed E-state index contributed by atoms with van der Waals surface area (Å²) in [5, 5.41) is 0. The average Bonchev–Trinajstić information content (AvgIpc) is 1.62. The predicted octanol–water partition coefficient (Wildman–Crippen LogP) is 2.34. The van der Waals surface area contributed by atoms with Gasteiger partial charge in [-0.15, -0.1) is 0 Å². The van der Waals surface area contributed by atoms with Gasteiger partial charge >= 0.3 is 0 Å². The van der Waals surface area contributed by atoms with Crippen LogP contribution in [0.3, 0.4) is 0 Å². The number of halogens is 3. The third-order valence-electron chi connectivity index (χ3n) is 1.32. The summed E-state index contributed by atoms with van der Waals surface area (Å²) in [5.74, 6) is -0.377. The topological polar surface area (TPSA) is 43.1 Å². The normalized spacial score (nSPS) is 13.3. The van der Waals surface area contributed by atoms with Gasteiger partial charge in [0.1, 0.15) is 2.14 Å². The molecule has 0 atom stereocenters. The second-order valence-corrected chi connectivity index (χ2v) is 9.25. The first-order chi connectivity index (χ1) is 4.19. The summed E-state index contributed by atoms with van der Waals surface area (Å²) in [6.45, 7) is 3.46. The van der Waals surface area contributed by atoms with Crippen molar-refractivity contribution < 1.29 is 4.79 Å². The number of primary amides is 1. The van der Waals surface area contributed by atoms with Crippen molar-refractivity contribution in [2.24, 2.45) is 11.1 Å². The van der Waals surface area contributed by atoms with Gasteiger partial charge in [-0.3, -0.25) is 4.79 Å². The molecule has 1 amide bonds. The molecule has 60 valence electrons. The van der Waals surface area contributed by atoms with E-state index in [1.165, 1.54) is 0 Å². The molecule has 0 unspecified atom stereocenters. The van der Waals surface area contributed by atoms with Crippen LogP contribution in [0.15, 0.2) is 0 Å². The molecule has 0 spiro atoms. The lowest BCUT2D eigenvalue weighted by molar-refractivity contribution is -0.125. The fourth-order valence-corrected chi connectivity index (χ4v) is 0.726. The lowest BCUT2D eigenvalue weighted by Gasteiger charge is -2.29. The highest BCUT2D eigenvalue weighted by molar-refractivity contribution is 9.39. The predicted molar refractivity (Wildman–Crippen MR) is 52.5 cm³/mol. The van der Waals surface area contributed by atoms with E-state index < -0.39 is 7.56 Å². The Morgan fingerprint density at radius 2 is 1.60 bits per heavy atom. The lowest BCUT2D eigenvalue weighted by atomic mass is 9.96. The van der Waals surface area contributed by atoms with E-state index in [1.807, 2.05) is 0 Å². The van der Waals surface area contributed by atoms with Gasteiger partial charge in [0.25, 0.3) is 0 Å². The van der Waals surface area contributed by atoms with Crippen molar-refractivity contribution >= 4 is 53.7 Å². The van der Waals surface area contributed by atoms with Crippen LogP contribution < -0.4 is 5.73 Å². The molecule has 0 aromatic carbocycles. The highest BCUT2D eigenvalue weighted by atomic mass is 80.0. The van der Waals surface area contributed by atoms with Crippen LogP contribution in [0.4, 0.5) is 0 Å². The van der Waals surface area contributed by atoms with Crippen LogP contribution in [-0.4, -0.2) is 8.05 Å². The summed E-state index contributed by atoms with van der Waals surface area (Å²) in [7, 11) is 0. The number of rotatable bonds is 1. The van der Waals surface area contributed by atoms with Gasteiger partial charge in [0.05, 0.1) is 5.41 Å². The fourth-order valence-electron chi connectivity index (χ4n) is 0.140. The Bertz CT molecular complexity index is 149. The molecule has 0 rings (SSSR count). The molecule has 2 nitrogen and oxygen atoms in total. The molecule has 0 aromatic heterocycles. The first kappa shape index (κ1) is 10.9. The van der Waals surface area contributed by atoms with E-state index in [0.717, 1.165) is 0 Å². The van der Waals surface area contributed by atoms with Gasteiger partial charge < -0.3 is 5.73 Å². The SMILES string of the molecule is CC(C)(C(N)=O)C(Br)(Br)Br. The molecule has 0 aliphatic rings. The Kier molecular flexibility index (Phi) is 3.39. The second-order valence-electron chi connectivity index (χ2n) is 2.49. The van der Waals surface area contributed by atoms with E-state index >= 15 is 0 Å². The van der Waals surface area contributed by atoms with E-state index in [9.17, 15) is 4.79 Å². The Labute approximate surface area is 85.3 Å². The standard InChI is InChI=1S/C5H8Br3NO/c1-4(2,3(9)10)5(6,7)8/h1-2H3,(H2,9,10). The summed E-state index contributed by atoms with van der Waals surface area (Å²) >= 11 is 9.70. The third-order valence-corrected chi connectivity index (χ3v) is 4.30. The minimum Gasteiger partial charge on any atom is -0.369 e. The van der Waals surface area contributed by atoms with Gasteiger partial charge in [-0.1, -0.05) is 47.8 Å². The number of amides is 1. The molecule has 0 aliphatic heterocycles. The highest BCUT2D eigenvalue weighted by Crippen LogP contribution is 2.48. The van der Waals surface area contributed by atoms with Crippen LogP contribution in [-0.2, 0) is 4.79 Å². The number of hydrogen-bond acceptors (Lipinski definition) is 1. The van der Waals surface area contributed by atoms with Crippen molar-refractivity contribution in [3.05, 3.63) is 0 Å². The summed E-state index contributed by atoms with van der Waals surface area (Å²) in [4.78, 5) is 10.8. The highest BCUT2D eigenvalue weighted by Gasteiger charge is 2.43. The molecule has 0 heterocycles. The Morgan fingerprint density at radius 1 is 1.30 bits per heavy atom. The van der Waals surface area contributed by atoms with Crippen LogP contribution in [0.1, 0.15) is 13.8 Å². The first-order valence-corrected chi connectivity index (χ1v) is 4.94. The minimum absolute atomic E-state index is 0.377. The molecule has 5 heteroatoms. The molecule has 0 bridgehead atoms. The molecule has 0 radical (unpaired) electrons. The van der Waals surface area contributed by atoms with Crippen molar-refractivity contribution in [3.8, 4) is 0 Å². The van der Waals surface area contributed by atoms with Gasteiger partial charge in [-0.2, -0.15) is 0 Å². The van der Waals surface area contributed by atoms with Crippen LogP contribution >= 0.6 is 47.8 Å². The molecule has 0 saturated heterocycles. The summed E-state index contributed by atoms with van der Waals surface area (Å²) in [6.07, 6.45) is 0. The van der Waals surface area contributed by atoms with E-state index in [4.69, 9.17) is 5.73 Å². The second kappa shape index (κ2) is 3.11. The molecule has 0 saturated carbocycles. The minimum atomic E-state index is -0.674. The maximum Gasteiger partial charge on any atom is 0.226 e. The number of nitrogens with two attached hydrogens (primary N) is 1. The van der Waals surface area contributed by atoms with Crippen LogP contribution in [0.5, 0.6) is 0 Å². The Balaban J connectivity index is 4.57. The molecule has 0 aromatic rings. The zero-order valence-electron chi connectivity index (χ0n) is 5.62. The maximum atomic E-state index is 10.8. The van der Waals surface area contributed by atoms with Gasteiger partial charge in [-0.25, -0.2) is 0 Å². The fraction of sp³-hybridized carbons (Fsp3) is 0.800. The van der Waals surface area contributed by atoms with Gasteiger partial charge in [-0.05, 0) is 13.8 Å². The average molecular weight is 338 g/mol. The quantitative estimate of drug-likeness (QED) is 0.733. The third kappa shape index (κ3) is 2.20. The molecule has 2 N–H and O–H groups in total. The van der Waals surface area contributed by atoms with Gasteiger partial charge in [0.2, 0.25) is 5.91 Å². The van der Waals surface area contributed by atoms with Crippen LogP contribution in [0.25, 0.3) is 0 Å². The zero-order chi connectivity index (χ0) is 8.58. The summed E-state index contributed by atoms with van der Waals surface area (Å²) in [5.41, 5.74) is 4.45. The van der Waals surface area contributed by atoms with Crippen LogP contribution in [0.2, 0.25) is 0 Å². The smallest absolute Gasteiger partial charge is 0.226 e. The van der Waals surface area contributed by atoms with E-state index in [-0.39, 0.29) is 5.91 Å². The van der Waals surface area contributed by atoms with Gasteiger partial charge in [0.15, 0.2) is 0 Å². The number of carbonyl (C=O) groups is 1. The molecule has 0 fully saturated rings. The van der Waals surface area contributed by atoms with Crippen molar-refractivity contribution in [2.75, 3.05) is 0 Å². The number of carbonyl (C=O) groups excluding carboxylic acids is 1. The monoisotopic (exact) mass is 335 g/mol. The van der Waals surface area contributed by atoms with Gasteiger partial charge in [0, 0.05) is 0 Å². The van der Waals surface area contributed by atoms with Crippen molar-refractivity contribution in [3.63, 3.8) is 0 Å². The van der Waals surface area contributed by atoms with Crippen molar-refractivity contribution in [2.45, 2.75) is 16.0 Å². The van der Waals surface area contributed by atoms with E-state index in [2.05, 4.69) is 47.8 Å². The zero-order valence-corrected chi connectivity index (χ0v) is 10.4. The molecular weight excluding hydrogens is 330 g/mol. The molecule has 10 heavy (non-hydrogen) atoms. The van der Waals surface area contributed by atoms with Crippen LogP contribution in [0, 0.1) is 5.41 Å². The van der Waals surface area contributed by atoms with E-state index in [0.29, 0.717) is 0 Å².